The van der Waals surface area contributed by atoms with Crippen molar-refractivity contribution in [2.45, 2.75) is 6.54 Å². The molecule has 0 aliphatic rings. The maximum Gasteiger partial charge on any atom is 0.145 e. The maximum atomic E-state index is 4.14. The molecule has 0 aliphatic carbocycles. The number of rotatable bonds is 3. The lowest BCUT2D eigenvalue weighted by atomic mass is 10.4. The van der Waals surface area contributed by atoms with Gasteiger partial charge in [-0.3, -0.25) is 4.68 Å². The van der Waals surface area contributed by atoms with Gasteiger partial charge in [-0.25, -0.2) is 9.97 Å². The summed E-state index contributed by atoms with van der Waals surface area (Å²) >= 11 is 0. The summed E-state index contributed by atoms with van der Waals surface area (Å²) in [5.74, 6) is 1.73. The normalized spacial score (nSPS) is 10.1. The molecule has 1 N–H and O–H groups in total. The SMILES string of the molecule is Cn1ncnc1CNc1ccccn1. The smallest absolute Gasteiger partial charge is 0.145 e. The van der Waals surface area contributed by atoms with Gasteiger partial charge in [-0.2, -0.15) is 5.10 Å². The zero-order valence-electron chi connectivity index (χ0n) is 7.88. The molecule has 5 nitrogen and oxygen atoms in total. The molecular formula is C9H11N5. The Morgan fingerprint density at radius 3 is 2.93 bits per heavy atom. The third-order valence-electron chi connectivity index (χ3n) is 1.90. The van der Waals surface area contributed by atoms with Gasteiger partial charge in [-0.15, -0.1) is 0 Å². The largest absolute Gasteiger partial charge is 0.363 e. The molecule has 2 aromatic rings. The molecule has 0 aliphatic heterocycles. The third kappa shape index (κ3) is 1.87. The van der Waals surface area contributed by atoms with E-state index in [-0.39, 0.29) is 0 Å². The Morgan fingerprint density at radius 1 is 1.36 bits per heavy atom. The van der Waals surface area contributed by atoms with Crippen molar-refractivity contribution >= 4 is 5.82 Å². The summed E-state index contributed by atoms with van der Waals surface area (Å²) in [6.07, 6.45) is 3.29. The van der Waals surface area contributed by atoms with Crippen molar-refractivity contribution in [1.29, 1.82) is 0 Å². The molecule has 0 saturated carbocycles. The molecule has 2 aromatic heterocycles. The van der Waals surface area contributed by atoms with E-state index in [0.29, 0.717) is 6.54 Å². The molecule has 0 bridgehead atoms. The molecule has 5 heteroatoms. The lowest BCUT2D eigenvalue weighted by molar-refractivity contribution is 0.711. The zero-order chi connectivity index (χ0) is 9.80. The molecule has 0 fully saturated rings. The average molecular weight is 189 g/mol. The van der Waals surface area contributed by atoms with E-state index in [1.807, 2.05) is 25.2 Å². The zero-order valence-corrected chi connectivity index (χ0v) is 7.88. The molecule has 2 rings (SSSR count). The Morgan fingerprint density at radius 2 is 2.29 bits per heavy atom. The predicted octanol–water partition coefficient (Wildman–Crippen LogP) is 0.822. The number of aryl methyl sites for hydroxylation is 1. The first-order valence-corrected chi connectivity index (χ1v) is 4.34. The molecular weight excluding hydrogens is 178 g/mol. The molecule has 0 atom stereocenters. The first kappa shape index (κ1) is 8.68. The van der Waals surface area contributed by atoms with E-state index < -0.39 is 0 Å². The summed E-state index contributed by atoms with van der Waals surface area (Å²) in [5.41, 5.74) is 0. The van der Waals surface area contributed by atoms with Crippen LogP contribution in [0.2, 0.25) is 0 Å². The van der Waals surface area contributed by atoms with Gasteiger partial charge in [-0.1, -0.05) is 6.07 Å². The molecule has 0 unspecified atom stereocenters. The monoisotopic (exact) mass is 189 g/mol. The lowest BCUT2D eigenvalue weighted by Gasteiger charge is -2.03. The Labute approximate surface area is 81.8 Å². The Balaban J connectivity index is 1.99. The quantitative estimate of drug-likeness (QED) is 0.776. The number of anilines is 1. The number of aromatic nitrogens is 4. The van der Waals surface area contributed by atoms with Crippen molar-refractivity contribution in [3.05, 3.63) is 36.5 Å². The van der Waals surface area contributed by atoms with E-state index in [2.05, 4.69) is 20.4 Å². The van der Waals surface area contributed by atoms with Crippen LogP contribution in [0.25, 0.3) is 0 Å². The van der Waals surface area contributed by atoms with Crippen molar-refractivity contribution in [2.24, 2.45) is 7.05 Å². The van der Waals surface area contributed by atoms with Crippen LogP contribution in [-0.2, 0) is 13.6 Å². The van der Waals surface area contributed by atoms with Crippen LogP contribution in [0.4, 0.5) is 5.82 Å². The van der Waals surface area contributed by atoms with E-state index in [0.717, 1.165) is 11.6 Å². The number of nitrogens with one attached hydrogen (secondary N) is 1. The van der Waals surface area contributed by atoms with Crippen molar-refractivity contribution in [3.63, 3.8) is 0 Å². The number of hydrogen-bond donors (Lipinski definition) is 1. The van der Waals surface area contributed by atoms with Crippen LogP contribution >= 0.6 is 0 Å². The van der Waals surface area contributed by atoms with E-state index in [1.54, 1.807) is 10.9 Å². The first-order chi connectivity index (χ1) is 6.86. The molecule has 14 heavy (non-hydrogen) atoms. The van der Waals surface area contributed by atoms with Gasteiger partial charge in [0.2, 0.25) is 0 Å². The van der Waals surface area contributed by atoms with E-state index in [4.69, 9.17) is 0 Å². The van der Waals surface area contributed by atoms with Crippen LogP contribution in [-0.4, -0.2) is 19.7 Å². The highest BCUT2D eigenvalue weighted by atomic mass is 15.3. The molecule has 0 saturated heterocycles. The number of pyridine rings is 1. The number of hydrogen-bond acceptors (Lipinski definition) is 4. The summed E-state index contributed by atoms with van der Waals surface area (Å²) in [7, 11) is 1.86. The minimum absolute atomic E-state index is 0.632. The molecule has 0 amide bonds. The highest BCUT2D eigenvalue weighted by molar-refractivity contribution is 5.33. The topological polar surface area (TPSA) is 55.6 Å². The van der Waals surface area contributed by atoms with E-state index in [1.165, 1.54) is 6.33 Å². The van der Waals surface area contributed by atoms with Crippen LogP contribution in [0.15, 0.2) is 30.7 Å². The third-order valence-corrected chi connectivity index (χ3v) is 1.90. The van der Waals surface area contributed by atoms with Gasteiger partial charge >= 0.3 is 0 Å². The molecule has 0 radical (unpaired) electrons. The molecule has 72 valence electrons. The minimum Gasteiger partial charge on any atom is -0.363 e. The summed E-state index contributed by atoms with van der Waals surface area (Å²) in [6.45, 7) is 0.632. The fourth-order valence-corrected chi connectivity index (χ4v) is 1.12. The van der Waals surface area contributed by atoms with Crippen molar-refractivity contribution in [1.82, 2.24) is 19.7 Å². The van der Waals surface area contributed by atoms with Crippen LogP contribution < -0.4 is 5.32 Å². The van der Waals surface area contributed by atoms with Crippen molar-refractivity contribution < 1.29 is 0 Å². The van der Waals surface area contributed by atoms with Gasteiger partial charge < -0.3 is 5.32 Å². The molecule has 0 aromatic carbocycles. The highest BCUT2D eigenvalue weighted by Gasteiger charge is 1.99. The van der Waals surface area contributed by atoms with E-state index in [9.17, 15) is 0 Å². The Hall–Kier alpha value is -1.91. The summed E-state index contributed by atoms with van der Waals surface area (Å²) in [6, 6.07) is 5.73. The Kier molecular flexibility index (Phi) is 2.40. The van der Waals surface area contributed by atoms with Gasteiger partial charge in [0, 0.05) is 13.2 Å². The van der Waals surface area contributed by atoms with Crippen LogP contribution in [0.1, 0.15) is 5.82 Å². The van der Waals surface area contributed by atoms with Crippen molar-refractivity contribution in [2.75, 3.05) is 5.32 Å². The summed E-state index contributed by atoms with van der Waals surface area (Å²) < 4.78 is 1.73. The fraction of sp³-hybridized carbons (Fsp3) is 0.222. The van der Waals surface area contributed by atoms with Gasteiger partial charge in [0.25, 0.3) is 0 Å². The van der Waals surface area contributed by atoms with Gasteiger partial charge in [0.05, 0.1) is 6.54 Å². The van der Waals surface area contributed by atoms with Crippen LogP contribution in [0, 0.1) is 0 Å². The first-order valence-electron chi connectivity index (χ1n) is 4.34. The van der Waals surface area contributed by atoms with Crippen LogP contribution in [0.3, 0.4) is 0 Å². The van der Waals surface area contributed by atoms with Crippen molar-refractivity contribution in [3.8, 4) is 0 Å². The summed E-state index contributed by atoms with van der Waals surface area (Å²) in [5, 5.41) is 7.13. The molecule has 2 heterocycles. The minimum atomic E-state index is 0.632. The second-order valence-corrected chi connectivity index (χ2v) is 2.87. The highest BCUT2D eigenvalue weighted by Crippen LogP contribution is 2.01. The summed E-state index contributed by atoms with van der Waals surface area (Å²) in [4.78, 5) is 8.23. The van der Waals surface area contributed by atoms with Gasteiger partial charge in [0.1, 0.15) is 18.0 Å². The fourth-order valence-electron chi connectivity index (χ4n) is 1.12. The van der Waals surface area contributed by atoms with Crippen LogP contribution in [0.5, 0.6) is 0 Å². The average Bonchev–Trinajstić information content (AvgIpc) is 2.63. The standard InChI is InChI=1S/C9H11N5/c1-14-9(12-7-13-14)6-11-8-4-2-3-5-10-8/h2-5,7H,6H2,1H3,(H,10,11). The molecule has 0 spiro atoms. The van der Waals surface area contributed by atoms with E-state index >= 15 is 0 Å². The van der Waals surface area contributed by atoms with Gasteiger partial charge in [-0.05, 0) is 12.1 Å². The Bertz CT molecular complexity index is 395. The second-order valence-electron chi connectivity index (χ2n) is 2.87. The number of nitrogens with zero attached hydrogens (tertiary/aromatic N) is 4. The van der Waals surface area contributed by atoms with Gasteiger partial charge in [0.15, 0.2) is 0 Å². The maximum absolute atomic E-state index is 4.14. The lowest BCUT2D eigenvalue weighted by Crippen LogP contribution is -2.07. The predicted molar refractivity (Wildman–Crippen MR) is 52.6 cm³/mol. The second kappa shape index (κ2) is 3.87.